The summed E-state index contributed by atoms with van der Waals surface area (Å²) in [6, 6.07) is 10.6. The third-order valence-electron chi connectivity index (χ3n) is 4.70. The molecular weight excluding hydrogens is 282 g/mol. The summed E-state index contributed by atoms with van der Waals surface area (Å²) in [6.45, 7) is 18.6. The molecule has 0 aliphatic rings. The number of hydrogen-bond acceptors (Lipinski definition) is 1. The number of nitrogens with two attached hydrogens (primary N) is 1. The monoisotopic (exact) mass is 319 g/mol. The maximum atomic E-state index is 6.34. The lowest BCUT2D eigenvalue weighted by molar-refractivity contribution is 0.229. The summed E-state index contributed by atoms with van der Waals surface area (Å²) in [4.78, 5) is 0. The van der Waals surface area contributed by atoms with E-state index >= 15 is 0 Å². The molecule has 2 N–H and O–H groups in total. The van der Waals surface area contributed by atoms with Crippen LogP contribution in [-0.4, -0.2) is 13.6 Å². The standard InChI is InChI=1S/C20H37NSi/c1-9-19(2,3)18(14-20(4,5)21)17-12-10-16(11-13-17)15-22(6,7)8/h10-13,18H,9,14-15,21H2,1-8H3. The van der Waals surface area contributed by atoms with Gasteiger partial charge in [0, 0.05) is 13.6 Å². The summed E-state index contributed by atoms with van der Waals surface area (Å²) >= 11 is 0. The molecule has 0 aliphatic heterocycles. The molecule has 1 nitrogen and oxygen atoms in total. The summed E-state index contributed by atoms with van der Waals surface area (Å²) < 4.78 is 0. The van der Waals surface area contributed by atoms with Gasteiger partial charge in [0.05, 0.1) is 0 Å². The minimum atomic E-state index is -1.04. The Hall–Kier alpha value is -0.603. The van der Waals surface area contributed by atoms with Crippen LogP contribution in [0.25, 0.3) is 0 Å². The fourth-order valence-corrected chi connectivity index (χ4v) is 4.56. The molecule has 1 aromatic rings. The zero-order valence-electron chi connectivity index (χ0n) is 16.1. The van der Waals surface area contributed by atoms with Crippen molar-refractivity contribution in [1.29, 1.82) is 0 Å². The smallest absolute Gasteiger partial charge is 0.0487 e. The van der Waals surface area contributed by atoms with Crippen LogP contribution in [-0.2, 0) is 6.04 Å². The van der Waals surface area contributed by atoms with E-state index in [1.54, 1.807) is 0 Å². The number of rotatable bonds is 7. The van der Waals surface area contributed by atoms with Crippen LogP contribution in [0.2, 0.25) is 19.6 Å². The van der Waals surface area contributed by atoms with Gasteiger partial charge >= 0.3 is 0 Å². The maximum Gasteiger partial charge on any atom is 0.0487 e. The van der Waals surface area contributed by atoms with Gasteiger partial charge in [0.1, 0.15) is 0 Å². The van der Waals surface area contributed by atoms with Crippen molar-refractivity contribution in [2.45, 2.75) is 84.6 Å². The lowest BCUT2D eigenvalue weighted by Crippen LogP contribution is -2.37. The van der Waals surface area contributed by atoms with Crippen LogP contribution in [0.1, 0.15) is 64.5 Å². The molecule has 0 heterocycles. The fourth-order valence-electron chi connectivity index (χ4n) is 3.10. The molecule has 1 aromatic carbocycles. The van der Waals surface area contributed by atoms with Gasteiger partial charge in [0.15, 0.2) is 0 Å². The van der Waals surface area contributed by atoms with Crippen molar-refractivity contribution in [2.75, 3.05) is 0 Å². The van der Waals surface area contributed by atoms with Gasteiger partial charge in [-0.05, 0) is 43.2 Å². The van der Waals surface area contributed by atoms with Gasteiger partial charge in [-0.3, -0.25) is 0 Å². The summed E-state index contributed by atoms with van der Waals surface area (Å²) in [6.07, 6.45) is 2.20. The molecule has 0 aliphatic carbocycles. The molecular formula is C20H37NSi. The highest BCUT2D eigenvalue weighted by molar-refractivity contribution is 6.75. The summed E-state index contributed by atoms with van der Waals surface area (Å²) in [7, 11) is -1.04. The molecule has 1 atom stereocenters. The number of benzene rings is 1. The molecule has 1 rings (SSSR count). The molecule has 0 amide bonds. The van der Waals surface area contributed by atoms with Gasteiger partial charge < -0.3 is 5.73 Å². The third-order valence-corrected chi connectivity index (χ3v) is 6.17. The molecule has 0 aromatic heterocycles. The first kappa shape index (κ1) is 19.4. The van der Waals surface area contributed by atoms with Gasteiger partial charge in [-0.15, -0.1) is 0 Å². The molecule has 0 fully saturated rings. The molecule has 126 valence electrons. The summed E-state index contributed by atoms with van der Waals surface area (Å²) in [5.74, 6) is 0.512. The van der Waals surface area contributed by atoms with Crippen molar-refractivity contribution in [1.82, 2.24) is 0 Å². The van der Waals surface area contributed by atoms with E-state index < -0.39 is 8.07 Å². The quantitative estimate of drug-likeness (QED) is 0.636. The van der Waals surface area contributed by atoms with Gasteiger partial charge in [-0.1, -0.05) is 76.7 Å². The zero-order valence-corrected chi connectivity index (χ0v) is 17.1. The highest BCUT2D eigenvalue weighted by Gasteiger charge is 2.32. The predicted octanol–water partition coefficient (Wildman–Crippen LogP) is 5.75. The first-order valence-corrected chi connectivity index (χ1v) is 12.4. The normalized spacial score (nSPS) is 15.0. The first-order valence-electron chi connectivity index (χ1n) is 8.72. The molecule has 2 heteroatoms. The van der Waals surface area contributed by atoms with Crippen LogP contribution < -0.4 is 5.73 Å². The number of hydrogen-bond donors (Lipinski definition) is 1. The molecule has 0 bridgehead atoms. The topological polar surface area (TPSA) is 26.0 Å². The average molecular weight is 320 g/mol. The van der Waals surface area contributed by atoms with Crippen LogP contribution in [0.3, 0.4) is 0 Å². The second-order valence-corrected chi connectivity index (χ2v) is 15.0. The first-order chi connectivity index (χ1) is 9.84. The van der Waals surface area contributed by atoms with Crippen molar-refractivity contribution in [3.8, 4) is 0 Å². The molecule has 1 unspecified atom stereocenters. The average Bonchev–Trinajstić information content (AvgIpc) is 2.34. The van der Waals surface area contributed by atoms with Crippen LogP contribution in [0.15, 0.2) is 24.3 Å². The van der Waals surface area contributed by atoms with Crippen LogP contribution in [0.5, 0.6) is 0 Å². The van der Waals surface area contributed by atoms with Gasteiger partial charge in [0.2, 0.25) is 0 Å². The van der Waals surface area contributed by atoms with Gasteiger partial charge in [0.25, 0.3) is 0 Å². The van der Waals surface area contributed by atoms with E-state index in [4.69, 9.17) is 5.73 Å². The van der Waals surface area contributed by atoms with E-state index in [9.17, 15) is 0 Å². The Balaban J connectivity index is 3.05. The lowest BCUT2D eigenvalue weighted by atomic mass is 9.68. The van der Waals surface area contributed by atoms with Gasteiger partial charge in [-0.25, -0.2) is 0 Å². The lowest BCUT2D eigenvalue weighted by Gasteiger charge is -2.38. The van der Waals surface area contributed by atoms with Crippen molar-refractivity contribution in [3.63, 3.8) is 0 Å². The Morgan fingerprint density at radius 1 is 1.00 bits per heavy atom. The Kier molecular flexibility index (Phi) is 6.08. The van der Waals surface area contributed by atoms with Crippen molar-refractivity contribution >= 4 is 8.07 Å². The Morgan fingerprint density at radius 3 is 1.86 bits per heavy atom. The second kappa shape index (κ2) is 6.88. The van der Waals surface area contributed by atoms with E-state index in [1.165, 1.54) is 23.6 Å². The SMILES string of the molecule is CCC(C)(C)C(CC(C)(C)N)c1ccc(C[Si](C)(C)C)cc1. The van der Waals surface area contributed by atoms with Crippen LogP contribution in [0.4, 0.5) is 0 Å². The minimum Gasteiger partial charge on any atom is -0.326 e. The van der Waals surface area contributed by atoms with Crippen LogP contribution in [0, 0.1) is 5.41 Å². The fraction of sp³-hybridized carbons (Fsp3) is 0.700. The minimum absolute atomic E-state index is 0.131. The largest absolute Gasteiger partial charge is 0.326 e. The van der Waals surface area contributed by atoms with Crippen molar-refractivity contribution in [3.05, 3.63) is 35.4 Å². The highest BCUT2D eigenvalue weighted by Crippen LogP contribution is 2.42. The Labute approximate surface area is 139 Å². The van der Waals surface area contributed by atoms with Gasteiger partial charge in [-0.2, -0.15) is 0 Å². The summed E-state index contributed by atoms with van der Waals surface area (Å²) in [5, 5.41) is 0. The zero-order chi connectivity index (χ0) is 17.2. The van der Waals surface area contributed by atoms with Crippen LogP contribution >= 0.6 is 0 Å². The Bertz CT molecular complexity index is 460. The molecule has 0 saturated carbocycles. The molecule has 0 spiro atoms. The maximum absolute atomic E-state index is 6.34. The predicted molar refractivity (Wildman–Crippen MR) is 103 cm³/mol. The highest BCUT2D eigenvalue weighted by atomic mass is 28.3. The Morgan fingerprint density at radius 2 is 1.50 bits per heavy atom. The second-order valence-electron chi connectivity index (χ2n) is 9.57. The van der Waals surface area contributed by atoms with Crippen molar-refractivity contribution in [2.24, 2.45) is 11.1 Å². The van der Waals surface area contributed by atoms with E-state index in [-0.39, 0.29) is 11.0 Å². The summed E-state index contributed by atoms with van der Waals surface area (Å²) in [5.41, 5.74) is 9.43. The van der Waals surface area contributed by atoms with E-state index in [0.29, 0.717) is 5.92 Å². The van der Waals surface area contributed by atoms with Crippen molar-refractivity contribution < 1.29 is 0 Å². The molecule has 0 saturated heterocycles. The molecule has 0 radical (unpaired) electrons. The van der Waals surface area contributed by atoms with E-state index in [2.05, 4.69) is 78.5 Å². The third kappa shape index (κ3) is 6.25. The molecule has 22 heavy (non-hydrogen) atoms. The van der Waals surface area contributed by atoms with E-state index in [0.717, 1.165) is 6.42 Å². The van der Waals surface area contributed by atoms with E-state index in [1.807, 2.05) is 0 Å².